The minimum atomic E-state index is -0.310. The largest absolute Gasteiger partial charge is 0.335 e. The lowest BCUT2D eigenvalue weighted by atomic mass is 10.2. The Bertz CT molecular complexity index is 874. The predicted molar refractivity (Wildman–Crippen MR) is 103 cm³/mol. The second kappa shape index (κ2) is 7.62. The van der Waals surface area contributed by atoms with Crippen molar-refractivity contribution in [1.82, 2.24) is 24.9 Å². The number of amides is 1. The smallest absolute Gasteiger partial charge is 0.278 e. The van der Waals surface area contributed by atoms with Gasteiger partial charge in [0.25, 0.3) is 5.91 Å². The van der Waals surface area contributed by atoms with E-state index < -0.39 is 0 Å². The highest BCUT2D eigenvalue weighted by molar-refractivity contribution is 5.92. The molecule has 0 saturated carbocycles. The molecule has 4 rings (SSSR count). The molecule has 142 valence electrons. The summed E-state index contributed by atoms with van der Waals surface area (Å²) in [5.74, 6) is -0.262. The van der Waals surface area contributed by atoms with E-state index in [0.29, 0.717) is 24.8 Å². The normalized spacial score (nSPS) is 20.8. The van der Waals surface area contributed by atoms with Gasteiger partial charge in [-0.3, -0.25) is 14.5 Å². The van der Waals surface area contributed by atoms with Gasteiger partial charge in [0.15, 0.2) is 5.69 Å². The molecule has 1 N–H and O–H groups in total. The van der Waals surface area contributed by atoms with Gasteiger partial charge in [0.2, 0.25) is 5.43 Å². The molecule has 0 radical (unpaired) electrons. The Morgan fingerprint density at radius 2 is 1.89 bits per heavy atom. The maximum atomic E-state index is 13.0. The minimum absolute atomic E-state index is 0.00501. The number of piperazine rings is 1. The average Bonchev–Trinajstić information content (AvgIpc) is 3.19. The zero-order chi connectivity index (χ0) is 18.8. The van der Waals surface area contributed by atoms with Crippen molar-refractivity contribution in [1.29, 1.82) is 0 Å². The van der Waals surface area contributed by atoms with Gasteiger partial charge >= 0.3 is 0 Å². The van der Waals surface area contributed by atoms with Crippen LogP contribution in [0.5, 0.6) is 0 Å². The number of nitrogens with one attached hydrogen (secondary N) is 1. The molecular formula is C20H25N5O2. The van der Waals surface area contributed by atoms with Crippen molar-refractivity contribution >= 4 is 5.91 Å². The second-order valence-corrected chi connectivity index (χ2v) is 7.23. The zero-order valence-corrected chi connectivity index (χ0v) is 15.6. The van der Waals surface area contributed by atoms with Crippen molar-refractivity contribution < 1.29 is 4.79 Å². The first-order chi connectivity index (χ1) is 13.1. The van der Waals surface area contributed by atoms with Gasteiger partial charge < -0.3 is 10.2 Å². The van der Waals surface area contributed by atoms with Crippen LogP contribution in [-0.4, -0.2) is 70.8 Å². The highest BCUT2D eigenvalue weighted by Gasteiger charge is 2.33. The van der Waals surface area contributed by atoms with Crippen LogP contribution in [0.3, 0.4) is 0 Å². The molecule has 1 unspecified atom stereocenters. The number of nitrogens with zero attached hydrogens (tertiary/aromatic N) is 4. The molecule has 2 aliphatic rings. The van der Waals surface area contributed by atoms with Crippen LogP contribution in [0.25, 0.3) is 5.69 Å². The van der Waals surface area contributed by atoms with Crippen LogP contribution in [-0.2, 0) is 0 Å². The van der Waals surface area contributed by atoms with Crippen molar-refractivity contribution in [2.45, 2.75) is 19.4 Å². The van der Waals surface area contributed by atoms with Crippen LogP contribution in [0.2, 0.25) is 0 Å². The Hall–Kier alpha value is -2.51. The third-order valence-corrected chi connectivity index (χ3v) is 5.43. The van der Waals surface area contributed by atoms with E-state index in [1.165, 1.54) is 6.07 Å². The number of para-hydroxylation sites is 1. The molecule has 1 aromatic carbocycles. The van der Waals surface area contributed by atoms with Gasteiger partial charge in [0, 0.05) is 57.1 Å². The molecule has 2 aliphatic heterocycles. The van der Waals surface area contributed by atoms with E-state index >= 15 is 0 Å². The zero-order valence-electron chi connectivity index (χ0n) is 15.6. The first-order valence-electron chi connectivity index (χ1n) is 9.54. The van der Waals surface area contributed by atoms with E-state index in [1.54, 1.807) is 9.58 Å². The Labute approximate surface area is 158 Å². The molecule has 2 fully saturated rings. The average molecular weight is 367 g/mol. The van der Waals surface area contributed by atoms with Crippen LogP contribution in [0, 0.1) is 6.92 Å². The van der Waals surface area contributed by atoms with Crippen molar-refractivity contribution in [2.24, 2.45) is 0 Å². The summed E-state index contributed by atoms with van der Waals surface area (Å²) in [5.41, 5.74) is 1.24. The fourth-order valence-electron chi connectivity index (χ4n) is 3.95. The standard InChI is InChI=1S/C20H25N5O2/c1-15-13-18(26)19(22-25(15)16-5-3-2-4-6-16)20(27)24-10-7-17(14-24)23-11-8-21-9-12-23/h2-6,13,17,21H,7-12,14H2,1H3. The van der Waals surface area contributed by atoms with E-state index in [-0.39, 0.29) is 17.0 Å². The van der Waals surface area contributed by atoms with Crippen molar-refractivity contribution in [3.05, 3.63) is 58.0 Å². The summed E-state index contributed by atoms with van der Waals surface area (Å²) in [4.78, 5) is 29.7. The van der Waals surface area contributed by atoms with Gasteiger partial charge in [-0.2, -0.15) is 5.10 Å². The predicted octanol–water partition coefficient (Wildman–Crippen LogP) is 0.661. The number of carbonyl (C=O) groups is 1. The fraction of sp³-hybridized carbons (Fsp3) is 0.450. The lowest BCUT2D eigenvalue weighted by molar-refractivity contribution is 0.0764. The molecule has 1 atom stereocenters. The molecule has 0 aliphatic carbocycles. The van der Waals surface area contributed by atoms with Gasteiger partial charge in [-0.05, 0) is 25.5 Å². The molecule has 0 spiro atoms. The number of rotatable bonds is 3. The van der Waals surface area contributed by atoms with Gasteiger partial charge in [0.1, 0.15) is 0 Å². The maximum absolute atomic E-state index is 13.0. The van der Waals surface area contributed by atoms with Crippen LogP contribution >= 0.6 is 0 Å². The number of carbonyl (C=O) groups excluding carboxylic acids is 1. The summed E-state index contributed by atoms with van der Waals surface area (Å²) in [6, 6.07) is 11.4. The number of aryl methyl sites for hydroxylation is 1. The first-order valence-corrected chi connectivity index (χ1v) is 9.54. The molecule has 1 aromatic heterocycles. The van der Waals surface area contributed by atoms with E-state index in [9.17, 15) is 9.59 Å². The SMILES string of the molecule is Cc1cc(=O)c(C(=O)N2CCC(N3CCNCC3)C2)nn1-c1ccccc1. The number of hydrogen-bond donors (Lipinski definition) is 1. The third kappa shape index (κ3) is 3.65. The molecule has 7 heteroatoms. The number of likely N-dealkylation sites (tertiary alicyclic amines) is 1. The van der Waals surface area contributed by atoms with E-state index in [4.69, 9.17) is 0 Å². The molecular weight excluding hydrogens is 342 g/mol. The summed E-state index contributed by atoms with van der Waals surface area (Å²) >= 11 is 0. The molecule has 1 amide bonds. The number of benzene rings is 1. The minimum Gasteiger partial charge on any atom is -0.335 e. The van der Waals surface area contributed by atoms with Crippen LogP contribution in [0.1, 0.15) is 22.6 Å². The topological polar surface area (TPSA) is 70.5 Å². The van der Waals surface area contributed by atoms with Crippen molar-refractivity contribution in [2.75, 3.05) is 39.3 Å². The summed E-state index contributed by atoms with van der Waals surface area (Å²) in [6.07, 6.45) is 0.949. The molecule has 0 bridgehead atoms. The molecule has 27 heavy (non-hydrogen) atoms. The Morgan fingerprint density at radius 3 is 2.63 bits per heavy atom. The quantitative estimate of drug-likeness (QED) is 0.863. The Balaban J connectivity index is 1.56. The van der Waals surface area contributed by atoms with Crippen LogP contribution in [0.4, 0.5) is 0 Å². The number of hydrogen-bond acceptors (Lipinski definition) is 5. The van der Waals surface area contributed by atoms with Gasteiger partial charge in [0.05, 0.1) is 5.69 Å². The summed E-state index contributed by atoms with van der Waals surface area (Å²) < 4.78 is 1.67. The van der Waals surface area contributed by atoms with Gasteiger partial charge in [-0.25, -0.2) is 4.68 Å². The van der Waals surface area contributed by atoms with Crippen molar-refractivity contribution in [3.8, 4) is 5.69 Å². The van der Waals surface area contributed by atoms with E-state index in [0.717, 1.165) is 38.3 Å². The van der Waals surface area contributed by atoms with Gasteiger partial charge in [-0.1, -0.05) is 18.2 Å². The van der Waals surface area contributed by atoms with Crippen LogP contribution < -0.4 is 10.7 Å². The van der Waals surface area contributed by atoms with Crippen LogP contribution in [0.15, 0.2) is 41.2 Å². The van der Waals surface area contributed by atoms with Gasteiger partial charge in [-0.15, -0.1) is 0 Å². The first kappa shape index (κ1) is 17.9. The molecule has 2 saturated heterocycles. The highest BCUT2D eigenvalue weighted by atomic mass is 16.2. The highest BCUT2D eigenvalue weighted by Crippen LogP contribution is 2.18. The van der Waals surface area contributed by atoms with E-state index in [2.05, 4.69) is 15.3 Å². The summed E-state index contributed by atoms with van der Waals surface area (Å²) in [7, 11) is 0. The fourth-order valence-corrected chi connectivity index (χ4v) is 3.95. The molecule has 3 heterocycles. The monoisotopic (exact) mass is 367 g/mol. The van der Waals surface area contributed by atoms with E-state index in [1.807, 2.05) is 37.3 Å². The van der Waals surface area contributed by atoms with Crippen molar-refractivity contribution in [3.63, 3.8) is 0 Å². The lowest BCUT2D eigenvalue weighted by Crippen LogP contribution is -2.49. The summed E-state index contributed by atoms with van der Waals surface area (Å²) in [5, 5.41) is 7.77. The second-order valence-electron chi connectivity index (χ2n) is 7.23. The summed E-state index contributed by atoms with van der Waals surface area (Å²) in [6.45, 7) is 7.17. The number of aromatic nitrogens is 2. The third-order valence-electron chi connectivity index (χ3n) is 5.43. The maximum Gasteiger partial charge on any atom is 0.278 e. The molecule has 2 aromatic rings. The molecule has 7 nitrogen and oxygen atoms in total. The Kier molecular flexibility index (Phi) is 5.05. The lowest BCUT2D eigenvalue weighted by Gasteiger charge is -2.32. The Morgan fingerprint density at radius 1 is 1.15 bits per heavy atom.